The number of fused-ring (bicyclic) bond motifs is 1. The molecule has 3 aromatic carbocycles. The van der Waals surface area contributed by atoms with Crippen molar-refractivity contribution in [2.45, 2.75) is 25.8 Å². The van der Waals surface area contributed by atoms with Crippen molar-refractivity contribution in [2.75, 3.05) is 6.61 Å². The van der Waals surface area contributed by atoms with Crippen LogP contribution < -0.4 is 15.5 Å². The summed E-state index contributed by atoms with van der Waals surface area (Å²) in [6.07, 6.45) is 3.21. The summed E-state index contributed by atoms with van der Waals surface area (Å²) in [6, 6.07) is 24.6. The zero-order valence-electron chi connectivity index (χ0n) is 17.9. The summed E-state index contributed by atoms with van der Waals surface area (Å²) in [5.41, 5.74) is 2.88. The Kier molecular flexibility index (Phi) is 6.66. The van der Waals surface area contributed by atoms with Gasteiger partial charge in [0.15, 0.2) is 12.0 Å². The first-order chi connectivity index (χ1) is 15.6. The van der Waals surface area contributed by atoms with Gasteiger partial charge in [0.1, 0.15) is 17.6 Å². The summed E-state index contributed by atoms with van der Waals surface area (Å²) in [5, 5.41) is 3.43. The van der Waals surface area contributed by atoms with Crippen LogP contribution in [0.5, 0.6) is 5.75 Å². The number of rotatable bonds is 8. The Morgan fingerprint density at radius 1 is 1.00 bits per heavy atom. The molecule has 1 N–H and O–H groups in total. The molecule has 0 bridgehead atoms. The number of carbonyl (C=O) groups is 1. The highest BCUT2D eigenvalue weighted by Gasteiger charge is 2.12. The lowest BCUT2D eigenvalue weighted by atomic mass is 10.1. The Morgan fingerprint density at radius 3 is 2.47 bits per heavy atom. The molecule has 32 heavy (non-hydrogen) atoms. The van der Waals surface area contributed by atoms with Crippen LogP contribution in [0.15, 0.2) is 94.3 Å². The van der Waals surface area contributed by atoms with E-state index >= 15 is 0 Å². The topological polar surface area (TPSA) is 68.5 Å². The fourth-order valence-corrected chi connectivity index (χ4v) is 3.58. The van der Waals surface area contributed by atoms with E-state index in [1.165, 1.54) is 11.8 Å². The quantitative estimate of drug-likeness (QED) is 0.431. The third kappa shape index (κ3) is 5.24. The minimum absolute atomic E-state index is 0.0392. The molecule has 1 amide bonds. The van der Waals surface area contributed by atoms with E-state index in [0.717, 1.165) is 18.4 Å². The number of hydrogen-bond acceptors (Lipinski definition) is 4. The Bertz CT molecular complexity index is 1250. The number of benzene rings is 3. The molecule has 5 nitrogen and oxygen atoms in total. The molecular weight excluding hydrogens is 402 g/mol. The van der Waals surface area contributed by atoms with Crippen molar-refractivity contribution in [1.29, 1.82) is 0 Å². The largest absolute Gasteiger partial charge is 0.484 e. The lowest BCUT2D eigenvalue weighted by molar-refractivity contribution is -0.123. The standard InChI is InChI=1S/C27H25NO4/c1-19(12-13-20-8-4-2-5-9-20)28-26(29)18-31-22-14-15-23-25(16-22)32-17-24(27(23)30)21-10-6-3-7-11-21/h2-11,14-17,19H,12-13,18H2,1H3,(H,28,29)/t19-/m1/s1. The maximum Gasteiger partial charge on any atom is 0.258 e. The van der Waals surface area contributed by atoms with Crippen molar-refractivity contribution in [2.24, 2.45) is 0 Å². The van der Waals surface area contributed by atoms with E-state index < -0.39 is 0 Å². The Labute approximate surface area is 186 Å². The molecule has 1 heterocycles. The highest BCUT2D eigenvalue weighted by molar-refractivity contribution is 5.83. The van der Waals surface area contributed by atoms with E-state index in [4.69, 9.17) is 9.15 Å². The second-order valence-corrected chi connectivity index (χ2v) is 7.78. The molecule has 5 heteroatoms. The predicted molar refractivity (Wildman–Crippen MR) is 126 cm³/mol. The molecule has 0 fully saturated rings. The van der Waals surface area contributed by atoms with Crippen LogP contribution in [0.1, 0.15) is 18.9 Å². The molecule has 4 aromatic rings. The van der Waals surface area contributed by atoms with E-state index in [9.17, 15) is 9.59 Å². The van der Waals surface area contributed by atoms with Crippen LogP contribution in [0.4, 0.5) is 0 Å². The highest BCUT2D eigenvalue weighted by Crippen LogP contribution is 2.23. The van der Waals surface area contributed by atoms with E-state index in [0.29, 0.717) is 22.3 Å². The van der Waals surface area contributed by atoms with Gasteiger partial charge in [0.05, 0.1) is 10.9 Å². The molecule has 1 aromatic heterocycles. The third-order valence-corrected chi connectivity index (χ3v) is 5.32. The lowest BCUT2D eigenvalue weighted by Gasteiger charge is -2.14. The van der Waals surface area contributed by atoms with Gasteiger partial charge < -0.3 is 14.5 Å². The van der Waals surface area contributed by atoms with Gasteiger partial charge in [0.2, 0.25) is 0 Å². The number of hydrogen-bond donors (Lipinski definition) is 1. The van der Waals surface area contributed by atoms with Crippen molar-refractivity contribution in [3.8, 4) is 16.9 Å². The summed E-state index contributed by atoms with van der Waals surface area (Å²) < 4.78 is 11.3. The van der Waals surface area contributed by atoms with Crippen molar-refractivity contribution in [3.63, 3.8) is 0 Å². The van der Waals surface area contributed by atoms with Crippen LogP contribution >= 0.6 is 0 Å². The van der Waals surface area contributed by atoms with Crippen LogP contribution in [0.2, 0.25) is 0 Å². The van der Waals surface area contributed by atoms with Gasteiger partial charge in [-0.05, 0) is 43.0 Å². The molecule has 1 atom stereocenters. The van der Waals surface area contributed by atoms with Gasteiger partial charge in [-0.1, -0.05) is 60.7 Å². The maximum atomic E-state index is 12.8. The second-order valence-electron chi connectivity index (χ2n) is 7.78. The van der Waals surface area contributed by atoms with Gasteiger partial charge >= 0.3 is 0 Å². The number of carbonyl (C=O) groups excluding carboxylic acids is 1. The first kappa shape index (κ1) is 21.4. The van der Waals surface area contributed by atoms with Gasteiger partial charge in [-0.25, -0.2) is 0 Å². The monoisotopic (exact) mass is 427 g/mol. The average molecular weight is 428 g/mol. The number of amides is 1. The Balaban J connectivity index is 1.35. The van der Waals surface area contributed by atoms with Gasteiger partial charge in [0.25, 0.3) is 5.91 Å². The van der Waals surface area contributed by atoms with Crippen LogP contribution in [0.25, 0.3) is 22.1 Å². The Morgan fingerprint density at radius 2 is 1.72 bits per heavy atom. The maximum absolute atomic E-state index is 12.8. The van der Waals surface area contributed by atoms with Crippen molar-refractivity contribution >= 4 is 16.9 Å². The molecular formula is C27H25NO4. The fraction of sp³-hybridized carbons (Fsp3) is 0.185. The van der Waals surface area contributed by atoms with E-state index in [-0.39, 0.29) is 24.0 Å². The van der Waals surface area contributed by atoms with Crippen LogP contribution in [0, 0.1) is 0 Å². The van der Waals surface area contributed by atoms with Crippen LogP contribution in [-0.2, 0) is 11.2 Å². The lowest BCUT2D eigenvalue weighted by Crippen LogP contribution is -2.36. The van der Waals surface area contributed by atoms with E-state index in [1.807, 2.05) is 55.5 Å². The van der Waals surface area contributed by atoms with Crippen molar-refractivity contribution < 1.29 is 13.9 Å². The molecule has 4 rings (SSSR count). The molecule has 0 unspecified atom stereocenters. The minimum Gasteiger partial charge on any atom is -0.484 e. The fourth-order valence-electron chi connectivity index (χ4n) is 3.58. The zero-order valence-corrected chi connectivity index (χ0v) is 17.9. The van der Waals surface area contributed by atoms with Crippen LogP contribution in [-0.4, -0.2) is 18.6 Å². The van der Waals surface area contributed by atoms with Gasteiger partial charge in [0, 0.05) is 12.1 Å². The summed E-state index contributed by atoms with van der Waals surface area (Å²) in [7, 11) is 0. The van der Waals surface area contributed by atoms with Crippen molar-refractivity contribution in [3.05, 3.63) is 101 Å². The number of nitrogens with one attached hydrogen (secondary N) is 1. The van der Waals surface area contributed by atoms with Gasteiger partial charge in [-0.15, -0.1) is 0 Å². The van der Waals surface area contributed by atoms with E-state index in [2.05, 4.69) is 17.4 Å². The molecule has 0 radical (unpaired) electrons. The molecule has 0 saturated carbocycles. The molecule has 162 valence electrons. The van der Waals surface area contributed by atoms with Gasteiger partial charge in [-0.2, -0.15) is 0 Å². The highest BCUT2D eigenvalue weighted by atomic mass is 16.5. The number of aryl methyl sites for hydroxylation is 1. The predicted octanol–water partition coefficient (Wildman–Crippen LogP) is 4.98. The average Bonchev–Trinajstić information content (AvgIpc) is 2.83. The SMILES string of the molecule is C[C@H](CCc1ccccc1)NC(=O)COc1ccc2c(=O)c(-c3ccccc3)coc2c1. The molecule has 0 aliphatic heterocycles. The minimum atomic E-state index is -0.188. The van der Waals surface area contributed by atoms with Crippen LogP contribution in [0.3, 0.4) is 0 Å². The van der Waals surface area contributed by atoms with Gasteiger partial charge in [-0.3, -0.25) is 9.59 Å². The summed E-state index contributed by atoms with van der Waals surface area (Å²) in [6.45, 7) is 1.88. The molecule has 0 aliphatic rings. The van der Waals surface area contributed by atoms with E-state index in [1.54, 1.807) is 18.2 Å². The first-order valence-electron chi connectivity index (χ1n) is 10.7. The second kappa shape index (κ2) is 9.96. The zero-order chi connectivity index (χ0) is 22.3. The normalized spacial score (nSPS) is 11.8. The summed E-state index contributed by atoms with van der Waals surface area (Å²) in [5.74, 6) is 0.284. The third-order valence-electron chi connectivity index (χ3n) is 5.32. The van der Waals surface area contributed by atoms with Crippen molar-refractivity contribution in [1.82, 2.24) is 5.32 Å². The Hall–Kier alpha value is -3.86. The smallest absolute Gasteiger partial charge is 0.258 e. The molecule has 0 saturated heterocycles. The first-order valence-corrected chi connectivity index (χ1v) is 10.7. The molecule has 0 spiro atoms. The summed E-state index contributed by atoms with van der Waals surface area (Å²) >= 11 is 0. The summed E-state index contributed by atoms with van der Waals surface area (Å²) in [4.78, 5) is 25.1. The number of ether oxygens (including phenoxy) is 1. The molecule has 0 aliphatic carbocycles.